The standard InChI is InChI=1S/C24H26Cl2N4O/c25-22-6-5-21(23(26)13-22)16-29-10-7-20(8-11-29)24(31)28-14-18-1-3-19(4-2-18)15-30-12-9-27-17-30/h1-6,9,12-13,17,20H,7-8,10-11,14-16H2,(H,28,31). The molecule has 1 aliphatic heterocycles. The van der Waals surface area contributed by atoms with Gasteiger partial charge in [-0.05, 0) is 54.8 Å². The number of aromatic nitrogens is 2. The zero-order chi connectivity index (χ0) is 21.6. The van der Waals surface area contributed by atoms with Crippen LogP contribution in [0.4, 0.5) is 0 Å². The Morgan fingerprint density at radius 3 is 2.45 bits per heavy atom. The summed E-state index contributed by atoms with van der Waals surface area (Å²) in [7, 11) is 0. The zero-order valence-electron chi connectivity index (χ0n) is 17.3. The van der Waals surface area contributed by atoms with Gasteiger partial charge in [-0.2, -0.15) is 0 Å². The molecule has 1 saturated heterocycles. The highest BCUT2D eigenvalue weighted by atomic mass is 35.5. The Labute approximate surface area is 193 Å². The number of hydrogen-bond acceptors (Lipinski definition) is 3. The number of halogens is 2. The summed E-state index contributed by atoms with van der Waals surface area (Å²) >= 11 is 12.3. The van der Waals surface area contributed by atoms with Crippen LogP contribution in [0.3, 0.4) is 0 Å². The van der Waals surface area contributed by atoms with Crippen molar-refractivity contribution in [1.29, 1.82) is 0 Å². The van der Waals surface area contributed by atoms with Gasteiger partial charge < -0.3 is 9.88 Å². The molecule has 162 valence electrons. The number of benzene rings is 2. The molecule has 3 aromatic rings. The lowest BCUT2D eigenvalue weighted by molar-refractivity contribution is -0.126. The number of hydrogen-bond donors (Lipinski definition) is 1. The number of amides is 1. The number of nitrogens with one attached hydrogen (secondary N) is 1. The van der Waals surface area contributed by atoms with Crippen molar-refractivity contribution >= 4 is 29.1 Å². The zero-order valence-corrected chi connectivity index (χ0v) is 18.8. The molecule has 1 aliphatic rings. The highest BCUT2D eigenvalue weighted by Crippen LogP contribution is 2.25. The van der Waals surface area contributed by atoms with E-state index in [4.69, 9.17) is 23.2 Å². The molecule has 0 bridgehead atoms. The second-order valence-corrected chi connectivity index (χ2v) is 8.90. The van der Waals surface area contributed by atoms with Gasteiger partial charge in [0.15, 0.2) is 0 Å². The molecule has 31 heavy (non-hydrogen) atoms. The maximum atomic E-state index is 12.6. The summed E-state index contributed by atoms with van der Waals surface area (Å²) in [6.07, 6.45) is 7.26. The Balaban J connectivity index is 1.21. The van der Waals surface area contributed by atoms with Gasteiger partial charge in [-0.3, -0.25) is 9.69 Å². The van der Waals surface area contributed by atoms with Gasteiger partial charge in [0.05, 0.1) is 6.33 Å². The third-order valence-corrected chi connectivity index (χ3v) is 6.37. The first-order valence-corrected chi connectivity index (χ1v) is 11.3. The molecule has 0 atom stereocenters. The van der Waals surface area contributed by atoms with Crippen LogP contribution in [0.25, 0.3) is 0 Å². The molecule has 2 aromatic carbocycles. The number of imidazole rings is 1. The van der Waals surface area contributed by atoms with Gasteiger partial charge in [-0.15, -0.1) is 0 Å². The summed E-state index contributed by atoms with van der Waals surface area (Å²) in [6, 6.07) is 14.0. The van der Waals surface area contributed by atoms with Gasteiger partial charge >= 0.3 is 0 Å². The Bertz CT molecular complexity index is 997. The number of nitrogens with zero attached hydrogens (tertiary/aromatic N) is 3. The highest BCUT2D eigenvalue weighted by molar-refractivity contribution is 6.35. The minimum atomic E-state index is 0.0671. The van der Waals surface area contributed by atoms with E-state index in [1.807, 2.05) is 29.2 Å². The second-order valence-electron chi connectivity index (χ2n) is 8.06. The molecule has 7 heteroatoms. The van der Waals surface area contributed by atoms with Gasteiger partial charge in [-0.1, -0.05) is 53.5 Å². The summed E-state index contributed by atoms with van der Waals surface area (Å²) < 4.78 is 2.03. The quantitative estimate of drug-likeness (QED) is 0.556. The molecule has 0 aliphatic carbocycles. The van der Waals surface area contributed by atoms with Crippen LogP contribution in [0.15, 0.2) is 61.2 Å². The van der Waals surface area contributed by atoms with Crippen LogP contribution in [-0.4, -0.2) is 33.4 Å². The van der Waals surface area contributed by atoms with Crippen LogP contribution in [0.2, 0.25) is 10.0 Å². The van der Waals surface area contributed by atoms with Crippen molar-refractivity contribution in [1.82, 2.24) is 19.8 Å². The molecule has 1 fully saturated rings. The topological polar surface area (TPSA) is 50.2 Å². The Morgan fingerprint density at radius 2 is 1.77 bits per heavy atom. The SMILES string of the molecule is O=C(NCc1ccc(Cn2ccnc2)cc1)C1CCN(Cc2ccc(Cl)cc2Cl)CC1. The average molecular weight is 457 g/mol. The fourth-order valence-electron chi connectivity index (χ4n) is 3.93. The molecule has 0 saturated carbocycles. The third-order valence-electron chi connectivity index (χ3n) is 5.78. The minimum Gasteiger partial charge on any atom is -0.352 e. The molecular weight excluding hydrogens is 431 g/mol. The van der Waals surface area contributed by atoms with Crippen molar-refractivity contribution in [2.75, 3.05) is 13.1 Å². The average Bonchev–Trinajstić information content (AvgIpc) is 3.28. The molecule has 5 nitrogen and oxygen atoms in total. The Hall–Kier alpha value is -2.34. The maximum absolute atomic E-state index is 12.6. The van der Waals surface area contributed by atoms with Crippen molar-refractivity contribution in [3.63, 3.8) is 0 Å². The molecule has 0 unspecified atom stereocenters. The predicted molar refractivity (Wildman–Crippen MR) is 124 cm³/mol. The molecule has 2 heterocycles. The summed E-state index contributed by atoms with van der Waals surface area (Å²) in [5, 5.41) is 4.45. The molecule has 1 amide bonds. The van der Waals surface area contributed by atoms with E-state index in [-0.39, 0.29) is 11.8 Å². The lowest BCUT2D eigenvalue weighted by atomic mass is 9.95. The molecule has 4 rings (SSSR count). The van der Waals surface area contributed by atoms with Crippen LogP contribution in [0.5, 0.6) is 0 Å². The Kier molecular flexibility index (Phi) is 7.28. The fourth-order valence-corrected chi connectivity index (χ4v) is 4.40. The van der Waals surface area contributed by atoms with E-state index in [1.165, 1.54) is 5.56 Å². The van der Waals surface area contributed by atoms with Gasteiger partial charge in [0.2, 0.25) is 5.91 Å². The molecular formula is C24H26Cl2N4O. The monoisotopic (exact) mass is 456 g/mol. The van der Waals surface area contributed by atoms with Crippen molar-refractivity contribution in [2.45, 2.75) is 32.5 Å². The van der Waals surface area contributed by atoms with E-state index >= 15 is 0 Å². The number of piperidine rings is 1. The first kappa shape index (κ1) is 21.9. The summed E-state index contributed by atoms with van der Waals surface area (Å²) in [4.78, 5) is 19.0. The largest absolute Gasteiger partial charge is 0.352 e. The van der Waals surface area contributed by atoms with E-state index in [0.29, 0.717) is 16.6 Å². The van der Waals surface area contributed by atoms with Gasteiger partial charge in [0.25, 0.3) is 0 Å². The number of likely N-dealkylation sites (tertiary alicyclic amines) is 1. The van der Waals surface area contributed by atoms with Crippen molar-refractivity contribution < 1.29 is 4.79 Å². The van der Waals surface area contributed by atoms with Crippen molar-refractivity contribution in [2.24, 2.45) is 5.92 Å². The molecule has 0 radical (unpaired) electrons. The van der Waals surface area contributed by atoms with Crippen LogP contribution in [-0.2, 0) is 24.4 Å². The van der Waals surface area contributed by atoms with Crippen LogP contribution in [0.1, 0.15) is 29.5 Å². The lowest BCUT2D eigenvalue weighted by Gasteiger charge is -2.31. The molecule has 0 spiro atoms. The lowest BCUT2D eigenvalue weighted by Crippen LogP contribution is -2.40. The number of rotatable bonds is 7. The number of carbonyl (C=O) groups excluding carboxylic acids is 1. The smallest absolute Gasteiger partial charge is 0.223 e. The summed E-state index contributed by atoms with van der Waals surface area (Å²) in [5.41, 5.74) is 3.39. The molecule has 1 N–H and O–H groups in total. The summed E-state index contributed by atoms with van der Waals surface area (Å²) in [5.74, 6) is 0.212. The van der Waals surface area contributed by atoms with Gasteiger partial charge in [0, 0.05) is 48.0 Å². The normalized spacial score (nSPS) is 15.2. The minimum absolute atomic E-state index is 0.0671. The van der Waals surface area contributed by atoms with Crippen molar-refractivity contribution in [3.8, 4) is 0 Å². The van der Waals surface area contributed by atoms with Crippen LogP contribution < -0.4 is 5.32 Å². The van der Waals surface area contributed by atoms with E-state index < -0.39 is 0 Å². The Morgan fingerprint density at radius 1 is 1.03 bits per heavy atom. The first-order chi connectivity index (χ1) is 15.1. The van der Waals surface area contributed by atoms with Crippen molar-refractivity contribution in [3.05, 3.63) is 87.9 Å². The third kappa shape index (κ3) is 6.10. The molecule has 1 aromatic heterocycles. The fraction of sp³-hybridized carbons (Fsp3) is 0.333. The predicted octanol–water partition coefficient (Wildman–Crippen LogP) is 4.77. The number of carbonyl (C=O) groups is 1. The van der Waals surface area contributed by atoms with E-state index in [9.17, 15) is 4.79 Å². The summed E-state index contributed by atoms with van der Waals surface area (Å²) in [6.45, 7) is 3.92. The maximum Gasteiger partial charge on any atom is 0.223 e. The van der Waals surface area contributed by atoms with E-state index in [2.05, 4.69) is 39.5 Å². The van der Waals surface area contributed by atoms with E-state index in [1.54, 1.807) is 12.3 Å². The highest BCUT2D eigenvalue weighted by Gasteiger charge is 2.25. The second kappa shape index (κ2) is 10.3. The van der Waals surface area contributed by atoms with Gasteiger partial charge in [0.1, 0.15) is 0 Å². The van der Waals surface area contributed by atoms with Crippen LogP contribution in [0, 0.1) is 5.92 Å². The van der Waals surface area contributed by atoms with Crippen LogP contribution >= 0.6 is 23.2 Å². The first-order valence-electron chi connectivity index (χ1n) is 10.5. The van der Waals surface area contributed by atoms with Gasteiger partial charge in [-0.25, -0.2) is 4.98 Å². The van der Waals surface area contributed by atoms with E-state index in [0.717, 1.165) is 50.1 Å².